The first-order valence-corrected chi connectivity index (χ1v) is 14.4. The highest BCUT2D eigenvalue weighted by Gasteiger charge is 2.39. The van der Waals surface area contributed by atoms with Crippen molar-refractivity contribution in [2.75, 3.05) is 40.5 Å². The molecule has 0 aromatic heterocycles. The molecule has 0 saturated carbocycles. The number of nitrogens with zero attached hydrogens (tertiary/aromatic N) is 2. The van der Waals surface area contributed by atoms with Gasteiger partial charge in [-0.15, -0.1) is 0 Å². The largest absolute Gasteiger partial charge is 0.487 e. The molecule has 0 spiro atoms. The minimum atomic E-state index is -4.05. The van der Waals surface area contributed by atoms with E-state index in [-0.39, 0.29) is 35.2 Å². The third-order valence-electron chi connectivity index (χ3n) is 6.08. The summed E-state index contributed by atoms with van der Waals surface area (Å²) < 4.78 is 80.1. The molecule has 202 valence electrons. The van der Waals surface area contributed by atoms with E-state index in [1.54, 1.807) is 19.9 Å². The van der Waals surface area contributed by atoms with Crippen molar-refractivity contribution >= 4 is 20.0 Å². The SMILES string of the molecule is COCC#Cc1ccc2c(c1)O[C@@H](CN(C)S(=O)(=O)c1ccc(F)cc1)[C@@H](C)CN([C@@H](C)CO)S2(=O)=O. The number of hydrogen-bond donors (Lipinski definition) is 1. The number of aliphatic hydroxyl groups excluding tert-OH is 1. The van der Waals surface area contributed by atoms with Crippen LogP contribution in [0.3, 0.4) is 0 Å². The molecule has 1 heterocycles. The maximum Gasteiger partial charge on any atom is 0.247 e. The number of methoxy groups -OCH3 is 1. The van der Waals surface area contributed by atoms with Crippen LogP contribution in [0.25, 0.3) is 0 Å². The maximum absolute atomic E-state index is 13.5. The summed E-state index contributed by atoms with van der Waals surface area (Å²) in [6.07, 6.45) is -0.759. The Kier molecular flexibility index (Phi) is 9.33. The second kappa shape index (κ2) is 11.9. The van der Waals surface area contributed by atoms with E-state index in [0.717, 1.165) is 16.4 Å². The molecule has 0 fully saturated rings. The number of likely N-dealkylation sites (N-methyl/N-ethyl adjacent to an activating group) is 1. The van der Waals surface area contributed by atoms with E-state index in [9.17, 15) is 26.3 Å². The molecule has 1 aliphatic rings. The molecule has 12 heteroatoms. The monoisotopic (exact) mass is 554 g/mol. The first-order chi connectivity index (χ1) is 17.4. The molecular formula is C25H31FN2O7S2. The van der Waals surface area contributed by atoms with Gasteiger partial charge in [0.2, 0.25) is 20.0 Å². The van der Waals surface area contributed by atoms with Crippen LogP contribution in [0, 0.1) is 23.6 Å². The second-order valence-electron chi connectivity index (χ2n) is 8.88. The van der Waals surface area contributed by atoms with Crippen molar-refractivity contribution in [3.8, 4) is 17.6 Å². The van der Waals surface area contributed by atoms with E-state index in [2.05, 4.69) is 11.8 Å². The van der Waals surface area contributed by atoms with Crippen LogP contribution in [0.1, 0.15) is 19.4 Å². The fourth-order valence-corrected chi connectivity index (χ4v) is 6.88. The van der Waals surface area contributed by atoms with Crippen molar-refractivity contribution in [1.29, 1.82) is 0 Å². The molecule has 9 nitrogen and oxygen atoms in total. The Hall–Kier alpha value is -2.53. The topological polar surface area (TPSA) is 113 Å². The molecule has 1 aliphatic heterocycles. The van der Waals surface area contributed by atoms with E-state index < -0.39 is 50.5 Å². The molecule has 0 radical (unpaired) electrons. The summed E-state index contributed by atoms with van der Waals surface area (Å²) in [5, 5.41) is 9.76. The molecule has 3 atom stereocenters. The van der Waals surface area contributed by atoms with E-state index in [4.69, 9.17) is 9.47 Å². The Labute approximate surface area is 217 Å². The Morgan fingerprint density at radius 1 is 1.27 bits per heavy atom. The van der Waals surface area contributed by atoms with Gasteiger partial charge in [0.25, 0.3) is 0 Å². The third-order valence-corrected chi connectivity index (χ3v) is 9.93. The van der Waals surface area contributed by atoms with Crippen molar-refractivity contribution in [1.82, 2.24) is 8.61 Å². The zero-order valence-electron chi connectivity index (χ0n) is 21.1. The van der Waals surface area contributed by atoms with Crippen LogP contribution in [-0.4, -0.2) is 83.2 Å². The van der Waals surface area contributed by atoms with Crippen molar-refractivity contribution in [2.24, 2.45) is 5.92 Å². The third kappa shape index (κ3) is 6.49. The predicted octanol–water partition coefficient (Wildman–Crippen LogP) is 1.91. The second-order valence-corrected chi connectivity index (χ2v) is 12.8. The lowest BCUT2D eigenvalue weighted by molar-refractivity contribution is 0.0904. The predicted molar refractivity (Wildman–Crippen MR) is 135 cm³/mol. The summed E-state index contributed by atoms with van der Waals surface area (Å²) in [5.41, 5.74) is 0.493. The zero-order valence-corrected chi connectivity index (χ0v) is 22.7. The number of rotatable bonds is 7. The highest BCUT2D eigenvalue weighted by atomic mass is 32.2. The standard InChI is InChI=1S/C25H31FN2O7S2/c1-18-15-28(19(2)17-29)37(32,33)25-12-7-20(6-5-13-34-4)14-23(25)35-24(18)16-27(3)36(30,31)22-10-8-21(26)9-11-22/h7-12,14,18-19,24,29H,13,15-17H2,1-4H3/t18-,19-,24-/m0/s1. The van der Waals surface area contributed by atoms with Gasteiger partial charge in [-0.1, -0.05) is 18.8 Å². The smallest absolute Gasteiger partial charge is 0.247 e. The van der Waals surface area contributed by atoms with Gasteiger partial charge in [0, 0.05) is 38.2 Å². The van der Waals surface area contributed by atoms with Crippen LogP contribution in [0.4, 0.5) is 4.39 Å². The molecule has 37 heavy (non-hydrogen) atoms. The van der Waals surface area contributed by atoms with E-state index in [0.29, 0.717) is 5.56 Å². The van der Waals surface area contributed by atoms with Gasteiger partial charge in [0.05, 0.1) is 18.0 Å². The van der Waals surface area contributed by atoms with Crippen molar-refractivity contribution in [2.45, 2.75) is 35.8 Å². The Balaban J connectivity index is 2.04. The highest BCUT2D eigenvalue weighted by molar-refractivity contribution is 7.89. The summed E-state index contributed by atoms with van der Waals surface area (Å²) in [6.45, 7) is 3.02. The summed E-state index contributed by atoms with van der Waals surface area (Å²) in [7, 11) is -5.14. The first kappa shape index (κ1) is 29.0. The number of fused-ring (bicyclic) bond motifs is 1. The molecule has 2 aromatic rings. The van der Waals surface area contributed by atoms with Crippen molar-refractivity contribution < 1.29 is 35.8 Å². The van der Waals surface area contributed by atoms with Gasteiger partial charge in [-0.2, -0.15) is 8.61 Å². The van der Waals surface area contributed by atoms with E-state index in [1.165, 1.54) is 42.7 Å². The van der Waals surface area contributed by atoms with Crippen LogP contribution in [0.5, 0.6) is 5.75 Å². The highest BCUT2D eigenvalue weighted by Crippen LogP contribution is 2.34. The summed E-state index contributed by atoms with van der Waals surface area (Å²) in [6, 6.07) is 8.22. The fraction of sp³-hybridized carbons (Fsp3) is 0.440. The van der Waals surface area contributed by atoms with Crippen LogP contribution < -0.4 is 4.74 Å². The van der Waals surface area contributed by atoms with Gasteiger partial charge in [0.1, 0.15) is 29.2 Å². The van der Waals surface area contributed by atoms with Crippen molar-refractivity contribution in [3.63, 3.8) is 0 Å². The average Bonchev–Trinajstić information content (AvgIpc) is 2.86. The lowest BCUT2D eigenvalue weighted by Gasteiger charge is -2.37. The number of ether oxygens (including phenoxy) is 2. The fourth-order valence-electron chi connectivity index (χ4n) is 3.87. The van der Waals surface area contributed by atoms with Gasteiger partial charge >= 0.3 is 0 Å². The molecule has 1 N–H and O–H groups in total. The molecular weight excluding hydrogens is 523 g/mol. The molecule has 0 unspecified atom stereocenters. The molecule has 0 amide bonds. The summed E-state index contributed by atoms with van der Waals surface area (Å²) in [4.78, 5) is -0.185. The lowest BCUT2D eigenvalue weighted by atomic mass is 10.0. The number of sulfonamides is 2. The van der Waals surface area contributed by atoms with Crippen LogP contribution in [0.2, 0.25) is 0 Å². The van der Waals surface area contributed by atoms with Gasteiger partial charge in [-0.05, 0) is 49.4 Å². The molecule has 2 aromatic carbocycles. The van der Waals surface area contributed by atoms with Crippen molar-refractivity contribution in [3.05, 3.63) is 53.8 Å². The van der Waals surface area contributed by atoms with Crippen LogP contribution in [0.15, 0.2) is 52.3 Å². The Morgan fingerprint density at radius 2 is 1.95 bits per heavy atom. The zero-order chi connectivity index (χ0) is 27.4. The van der Waals surface area contributed by atoms with Crippen LogP contribution in [-0.2, 0) is 24.8 Å². The van der Waals surface area contributed by atoms with Crippen LogP contribution >= 0.6 is 0 Å². The number of halogens is 1. The van der Waals surface area contributed by atoms with Gasteiger partial charge in [-0.3, -0.25) is 0 Å². The maximum atomic E-state index is 13.5. The Morgan fingerprint density at radius 3 is 2.57 bits per heavy atom. The summed E-state index contributed by atoms with van der Waals surface area (Å²) in [5.74, 6) is 4.69. The number of benzene rings is 2. The minimum Gasteiger partial charge on any atom is -0.487 e. The number of aliphatic hydroxyl groups is 1. The molecule has 0 bridgehead atoms. The van der Waals surface area contributed by atoms with Gasteiger partial charge in [0.15, 0.2) is 0 Å². The minimum absolute atomic E-state index is 0.00595. The number of hydrogen-bond acceptors (Lipinski definition) is 7. The lowest BCUT2D eigenvalue weighted by Crippen LogP contribution is -2.50. The molecule has 3 rings (SSSR count). The Bertz CT molecular complexity index is 1370. The van der Waals surface area contributed by atoms with E-state index >= 15 is 0 Å². The molecule has 0 aliphatic carbocycles. The average molecular weight is 555 g/mol. The first-order valence-electron chi connectivity index (χ1n) is 11.5. The normalized spacial score (nSPS) is 20.6. The quantitative estimate of drug-likeness (QED) is 0.520. The summed E-state index contributed by atoms with van der Waals surface area (Å²) >= 11 is 0. The van der Waals surface area contributed by atoms with Gasteiger partial charge < -0.3 is 14.6 Å². The van der Waals surface area contributed by atoms with E-state index in [1.807, 2.05) is 0 Å². The molecule has 0 saturated heterocycles. The van der Waals surface area contributed by atoms with Gasteiger partial charge in [-0.25, -0.2) is 21.2 Å².